The summed E-state index contributed by atoms with van der Waals surface area (Å²) in [6, 6.07) is 0. The van der Waals surface area contributed by atoms with E-state index in [1.807, 2.05) is 6.20 Å². The van der Waals surface area contributed by atoms with E-state index in [1.54, 1.807) is 35.0 Å². The lowest BCUT2D eigenvalue weighted by Gasteiger charge is -2.07. The van der Waals surface area contributed by atoms with Gasteiger partial charge in [-0.1, -0.05) is 23.4 Å². The highest BCUT2D eigenvalue weighted by molar-refractivity contribution is 14.1. The lowest BCUT2D eigenvalue weighted by molar-refractivity contribution is 0.853. The molecule has 102 valence electrons. The van der Waals surface area contributed by atoms with Crippen LogP contribution in [0.1, 0.15) is 12.8 Å². The topological polar surface area (TPSA) is 56.0 Å². The predicted octanol–water partition coefficient (Wildman–Crippen LogP) is 3.63. The molecule has 0 unspecified atom stereocenters. The van der Waals surface area contributed by atoms with Gasteiger partial charge in [-0.05, 0) is 29.0 Å². The summed E-state index contributed by atoms with van der Waals surface area (Å²) < 4.78 is 2.70. The fourth-order valence-corrected chi connectivity index (χ4v) is 3.34. The molecule has 0 aliphatic carbocycles. The molecule has 0 aromatic carbocycles. The summed E-state index contributed by atoms with van der Waals surface area (Å²) in [6.45, 7) is 0. The van der Waals surface area contributed by atoms with Crippen LogP contribution in [-0.4, -0.2) is 24.8 Å². The van der Waals surface area contributed by atoms with Crippen molar-refractivity contribution in [1.82, 2.24) is 19.7 Å². The first kappa shape index (κ1) is 14.0. The molecule has 0 atom stereocenters. The number of allylic oxidation sites excluding steroid dienone is 1. The number of aliphatic imine (C=N–C) groups is 1. The van der Waals surface area contributed by atoms with Gasteiger partial charge in [-0.15, -0.1) is 0 Å². The molecule has 0 amide bonds. The van der Waals surface area contributed by atoms with Crippen LogP contribution in [0.25, 0.3) is 5.69 Å². The summed E-state index contributed by atoms with van der Waals surface area (Å²) in [5, 5.41) is 6.33. The summed E-state index contributed by atoms with van der Waals surface area (Å²) in [7, 11) is 0. The molecule has 0 fully saturated rings. The first-order chi connectivity index (χ1) is 9.72. The minimum Gasteiger partial charge on any atom is -0.253 e. The van der Waals surface area contributed by atoms with Gasteiger partial charge >= 0.3 is 0 Å². The van der Waals surface area contributed by atoms with Crippen molar-refractivity contribution in [2.75, 3.05) is 0 Å². The van der Waals surface area contributed by atoms with Gasteiger partial charge in [-0.3, -0.25) is 4.99 Å². The normalized spacial score (nSPS) is 14.9. The van der Waals surface area contributed by atoms with Gasteiger partial charge in [0.25, 0.3) is 0 Å². The monoisotopic (exact) mass is 417 g/mol. The number of thioether (sulfide) groups is 1. The Kier molecular flexibility index (Phi) is 4.37. The Morgan fingerprint density at radius 3 is 2.75 bits per heavy atom. The fourth-order valence-electron chi connectivity index (χ4n) is 1.65. The van der Waals surface area contributed by atoms with Crippen LogP contribution in [0.5, 0.6) is 0 Å². The smallest absolute Gasteiger partial charge is 0.137 e. The third kappa shape index (κ3) is 3.21. The van der Waals surface area contributed by atoms with Crippen molar-refractivity contribution in [2.24, 2.45) is 4.99 Å². The summed E-state index contributed by atoms with van der Waals surface area (Å²) >= 11 is 9.76. The average molecular weight is 418 g/mol. The summed E-state index contributed by atoms with van der Waals surface area (Å²) in [5.41, 5.74) is 0.839. The largest absolute Gasteiger partial charge is 0.253 e. The van der Waals surface area contributed by atoms with E-state index in [1.165, 1.54) is 6.33 Å². The number of hydrogen-bond donors (Lipinski definition) is 0. The molecule has 8 heteroatoms. The Balaban J connectivity index is 1.83. The predicted molar refractivity (Wildman–Crippen MR) is 88.3 cm³/mol. The lowest BCUT2D eigenvalue weighted by atomic mass is 10.3. The van der Waals surface area contributed by atoms with Crippen molar-refractivity contribution in [3.8, 4) is 5.69 Å². The van der Waals surface area contributed by atoms with Gasteiger partial charge in [-0.25, -0.2) is 14.6 Å². The van der Waals surface area contributed by atoms with E-state index in [-0.39, 0.29) is 0 Å². The molecule has 3 heterocycles. The quantitative estimate of drug-likeness (QED) is 0.700. The van der Waals surface area contributed by atoms with E-state index in [9.17, 15) is 0 Å². The Labute approximate surface area is 138 Å². The molecule has 1 aliphatic heterocycles. The SMILES string of the molecule is ClC1=CN=C(Sc2cn(-c3cncnc3)nc2I)CC1. The Morgan fingerprint density at radius 2 is 2.05 bits per heavy atom. The standard InChI is InChI=1S/C12H9ClIN5S/c13-8-1-2-11(17-3-8)20-10-6-19(18-12(10)14)9-4-15-7-16-5-9/h3-7H,1-2H2. The van der Waals surface area contributed by atoms with Gasteiger partial charge in [0.2, 0.25) is 0 Å². The molecule has 0 N–H and O–H groups in total. The fraction of sp³-hybridized carbons (Fsp3) is 0.167. The maximum absolute atomic E-state index is 5.91. The van der Waals surface area contributed by atoms with Crippen LogP contribution < -0.4 is 0 Å². The zero-order chi connectivity index (χ0) is 13.9. The molecule has 0 bridgehead atoms. The highest BCUT2D eigenvalue weighted by Gasteiger charge is 2.13. The Bertz CT molecular complexity index is 682. The summed E-state index contributed by atoms with van der Waals surface area (Å²) in [5.74, 6) is 0. The molecular formula is C12H9ClIN5S. The molecule has 5 nitrogen and oxygen atoms in total. The van der Waals surface area contributed by atoms with E-state index in [0.717, 1.165) is 37.2 Å². The zero-order valence-corrected chi connectivity index (χ0v) is 13.9. The van der Waals surface area contributed by atoms with Crippen LogP contribution in [0.15, 0.2) is 46.0 Å². The minimum absolute atomic E-state index is 0.807. The molecule has 0 saturated heterocycles. The molecule has 20 heavy (non-hydrogen) atoms. The van der Waals surface area contributed by atoms with Crippen LogP contribution >= 0.6 is 46.0 Å². The van der Waals surface area contributed by atoms with Crippen LogP contribution in [0.3, 0.4) is 0 Å². The molecule has 2 aromatic heterocycles. The molecule has 3 rings (SSSR count). The highest BCUT2D eigenvalue weighted by Crippen LogP contribution is 2.30. The van der Waals surface area contributed by atoms with Crippen molar-refractivity contribution in [3.63, 3.8) is 0 Å². The van der Waals surface area contributed by atoms with Gasteiger partial charge in [0.05, 0.1) is 22.3 Å². The second kappa shape index (κ2) is 6.23. The van der Waals surface area contributed by atoms with Crippen LogP contribution in [0.4, 0.5) is 0 Å². The molecule has 0 radical (unpaired) electrons. The highest BCUT2D eigenvalue weighted by atomic mass is 127. The maximum atomic E-state index is 5.91. The van der Waals surface area contributed by atoms with Gasteiger partial charge in [0.15, 0.2) is 0 Å². The first-order valence-corrected chi connectivity index (χ1v) is 8.09. The third-order valence-corrected chi connectivity index (χ3v) is 5.12. The molecule has 1 aliphatic rings. The third-order valence-electron chi connectivity index (χ3n) is 2.60. The zero-order valence-electron chi connectivity index (χ0n) is 10.2. The number of rotatable bonds is 2. The van der Waals surface area contributed by atoms with E-state index in [4.69, 9.17) is 11.6 Å². The van der Waals surface area contributed by atoms with E-state index >= 15 is 0 Å². The molecule has 0 saturated carbocycles. The van der Waals surface area contributed by atoms with E-state index in [0.29, 0.717) is 0 Å². The van der Waals surface area contributed by atoms with Gasteiger partial charge in [0.1, 0.15) is 15.7 Å². The van der Waals surface area contributed by atoms with Gasteiger partial charge in [0, 0.05) is 23.8 Å². The molecule has 2 aromatic rings. The van der Waals surface area contributed by atoms with E-state index in [2.05, 4.69) is 42.6 Å². The Hall–Kier alpha value is -0.930. The second-order valence-corrected chi connectivity index (χ2v) is 6.65. The van der Waals surface area contributed by atoms with Gasteiger partial charge in [-0.2, -0.15) is 5.10 Å². The van der Waals surface area contributed by atoms with Gasteiger partial charge < -0.3 is 0 Å². The number of halogens is 2. The Morgan fingerprint density at radius 1 is 1.25 bits per heavy atom. The summed E-state index contributed by atoms with van der Waals surface area (Å²) in [4.78, 5) is 13.4. The molecular weight excluding hydrogens is 409 g/mol. The lowest BCUT2D eigenvalue weighted by Crippen LogP contribution is -1.96. The second-order valence-electron chi connectivity index (χ2n) is 4.03. The number of hydrogen-bond acceptors (Lipinski definition) is 5. The van der Waals surface area contributed by atoms with Crippen LogP contribution in [0.2, 0.25) is 0 Å². The van der Waals surface area contributed by atoms with Crippen molar-refractivity contribution >= 4 is 51.0 Å². The number of aromatic nitrogens is 4. The van der Waals surface area contributed by atoms with Crippen LogP contribution in [-0.2, 0) is 0 Å². The summed E-state index contributed by atoms with van der Waals surface area (Å²) in [6.07, 6.45) is 10.4. The van der Waals surface area contributed by atoms with Crippen molar-refractivity contribution < 1.29 is 0 Å². The van der Waals surface area contributed by atoms with E-state index < -0.39 is 0 Å². The maximum Gasteiger partial charge on any atom is 0.137 e. The minimum atomic E-state index is 0.807. The average Bonchev–Trinajstić information content (AvgIpc) is 2.84. The number of nitrogens with zero attached hydrogens (tertiary/aromatic N) is 5. The van der Waals surface area contributed by atoms with Crippen LogP contribution in [0, 0.1) is 3.70 Å². The van der Waals surface area contributed by atoms with Crippen molar-refractivity contribution in [1.29, 1.82) is 0 Å². The molecule has 0 spiro atoms. The first-order valence-electron chi connectivity index (χ1n) is 5.82. The van der Waals surface area contributed by atoms with Crippen molar-refractivity contribution in [3.05, 3.63) is 39.9 Å². The van der Waals surface area contributed by atoms with Crippen molar-refractivity contribution in [2.45, 2.75) is 17.7 Å².